The molecule has 1 aliphatic heterocycles. The Kier molecular flexibility index (Phi) is 7.59. The third-order valence-electron chi connectivity index (χ3n) is 6.12. The maximum absolute atomic E-state index is 12.5. The van der Waals surface area contributed by atoms with Crippen molar-refractivity contribution in [2.24, 2.45) is 0 Å². The lowest BCUT2D eigenvalue weighted by molar-refractivity contribution is -0.129. The van der Waals surface area contributed by atoms with Gasteiger partial charge in [0.25, 0.3) is 0 Å². The highest BCUT2D eigenvalue weighted by Gasteiger charge is 2.30. The number of hydrogen-bond donors (Lipinski definition) is 1. The fourth-order valence-electron chi connectivity index (χ4n) is 4.22. The molecule has 1 atom stereocenters. The largest absolute Gasteiger partial charge is 0.497 e. The molecule has 4 rings (SSSR count). The van der Waals surface area contributed by atoms with Gasteiger partial charge in [-0.3, -0.25) is 4.79 Å². The van der Waals surface area contributed by atoms with Gasteiger partial charge in [0.15, 0.2) is 0 Å². The molecule has 1 saturated heterocycles. The van der Waals surface area contributed by atoms with E-state index in [-0.39, 0.29) is 17.9 Å². The lowest BCUT2D eigenvalue weighted by Crippen LogP contribution is -2.34. The molecule has 178 valence electrons. The van der Waals surface area contributed by atoms with Crippen molar-refractivity contribution in [2.75, 3.05) is 20.8 Å². The molecule has 8 heteroatoms. The van der Waals surface area contributed by atoms with E-state index in [2.05, 4.69) is 10.4 Å². The summed E-state index contributed by atoms with van der Waals surface area (Å²) in [7, 11) is 3.02. The number of esters is 1. The minimum absolute atomic E-state index is 0.192. The third-order valence-corrected chi connectivity index (χ3v) is 6.12. The van der Waals surface area contributed by atoms with Crippen LogP contribution in [-0.4, -0.2) is 53.4 Å². The Morgan fingerprint density at radius 2 is 1.97 bits per heavy atom. The molecule has 34 heavy (non-hydrogen) atoms. The van der Waals surface area contributed by atoms with E-state index < -0.39 is 0 Å². The number of benzene rings is 2. The van der Waals surface area contributed by atoms with Crippen LogP contribution in [0.2, 0.25) is 0 Å². The predicted octanol–water partition coefficient (Wildman–Crippen LogP) is 3.34. The van der Waals surface area contributed by atoms with Crippen LogP contribution in [-0.2, 0) is 22.6 Å². The van der Waals surface area contributed by atoms with Crippen LogP contribution in [0.3, 0.4) is 0 Å². The Morgan fingerprint density at radius 1 is 1.15 bits per heavy atom. The van der Waals surface area contributed by atoms with E-state index in [1.165, 1.54) is 7.11 Å². The van der Waals surface area contributed by atoms with E-state index in [0.717, 1.165) is 42.0 Å². The molecule has 0 saturated carbocycles. The van der Waals surface area contributed by atoms with Crippen molar-refractivity contribution in [3.05, 3.63) is 77.6 Å². The number of nitrogens with one attached hydrogen (secondary N) is 1. The Morgan fingerprint density at radius 3 is 2.74 bits per heavy atom. The van der Waals surface area contributed by atoms with Crippen LogP contribution in [0.25, 0.3) is 5.69 Å². The standard InChI is InChI=1S/C26H30N4O4/c1-33-24-5-3-4-23(14-24)30-18-20(16-28-30)17-29-22(10-11-25(29)31)12-13-27-15-19-6-8-21(9-7-19)26(32)34-2/h3-9,14,16,18,22,27H,10-13,15,17H2,1-2H3. The fourth-order valence-corrected chi connectivity index (χ4v) is 4.22. The van der Waals surface area contributed by atoms with Crippen LogP contribution in [0, 0.1) is 0 Å². The quantitative estimate of drug-likeness (QED) is 0.367. The Bertz CT molecular complexity index is 1130. The van der Waals surface area contributed by atoms with E-state index in [1.807, 2.05) is 53.7 Å². The van der Waals surface area contributed by atoms with Gasteiger partial charge in [0.2, 0.25) is 5.91 Å². The molecule has 3 aromatic rings. The smallest absolute Gasteiger partial charge is 0.337 e. The molecule has 8 nitrogen and oxygen atoms in total. The molecule has 0 radical (unpaired) electrons. The van der Waals surface area contributed by atoms with Gasteiger partial charge in [-0.05, 0) is 49.2 Å². The molecule has 1 fully saturated rings. The Balaban J connectivity index is 1.29. The summed E-state index contributed by atoms with van der Waals surface area (Å²) >= 11 is 0. The first-order valence-corrected chi connectivity index (χ1v) is 11.4. The number of methoxy groups -OCH3 is 2. The summed E-state index contributed by atoms with van der Waals surface area (Å²) in [6, 6.07) is 15.3. The number of nitrogens with zero attached hydrogens (tertiary/aromatic N) is 3. The van der Waals surface area contributed by atoms with Crippen LogP contribution in [0.15, 0.2) is 60.9 Å². The molecule has 1 aromatic heterocycles. The number of rotatable bonds is 10. The molecule has 2 heterocycles. The second kappa shape index (κ2) is 11.0. The lowest BCUT2D eigenvalue weighted by Gasteiger charge is -2.24. The van der Waals surface area contributed by atoms with Crippen molar-refractivity contribution >= 4 is 11.9 Å². The molecule has 1 unspecified atom stereocenters. The highest BCUT2D eigenvalue weighted by Crippen LogP contribution is 2.24. The van der Waals surface area contributed by atoms with E-state index in [4.69, 9.17) is 9.47 Å². The van der Waals surface area contributed by atoms with Gasteiger partial charge >= 0.3 is 5.97 Å². The first-order valence-electron chi connectivity index (χ1n) is 11.4. The van der Waals surface area contributed by atoms with Gasteiger partial charge < -0.3 is 19.7 Å². The molecule has 0 spiro atoms. The molecule has 0 bridgehead atoms. The zero-order chi connectivity index (χ0) is 23.9. The molecule has 2 aromatic carbocycles. The van der Waals surface area contributed by atoms with Crippen LogP contribution in [0.4, 0.5) is 0 Å². The van der Waals surface area contributed by atoms with Crippen molar-refractivity contribution < 1.29 is 19.1 Å². The average Bonchev–Trinajstić information content (AvgIpc) is 3.49. The third kappa shape index (κ3) is 5.63. The van der Waals surface area contributed by atoms with Crippen molar-refractivity contribution in [3.63, 3.8) is 0 Å². The van der Waals surface area contributed by atoms with Gasteiger partial charge in [-0.2, -0.15) is 5.10 Å². The van der Waals surface area contributed by atoms with E-state index in [0.29, 0.717) is 25.1 Å². The van der Waals surface area contributed by atoms with Gasteiger partial charge in [0, 0.05) is 43.4 Å². The summed E-state index contributed by atoms with van der Waals surface area (Å²) < 4.78 is 11.8. The molecular weight excluding hydrogens is 432 g/mol. The Hall–Kier alpha value is -3.65. The second-order valence-electron chi connectivity index (χ2n) is 8.36. The van der Waals surface area contributed by atoms with E-state index in [9.17, 15) is 9.59 Å². The summed E-state index contributed by atoms with van der Waals surface area (Å²) in [4.78, 5) is 26.1. The molecule has 1 amide bonds. The number of carbonyl (C=O) groups is 2. The minimum atomic E-state index is -0.334. The normalized spacial score (nSPS) is 15.5. The average molecular weight is 463 g/mol. The SMILES string of the molecule is COC(=O)c1ccc(CNCCC2CCC(=O)N2Cc2cnn(-c3cccc(OC)c3)c2)cc1. The Labute approximate surface area is 199 Å². The molecule has 1 N–H and O–H groups in total. The first-order chi connectivity index (χ1) is 16.6. The number of carbonyl (C=O) groups excluding carboxylic acids is 2. The van der Waals surface area contributed by atoms with Gasteiger partial charge in [0.05, 0.1) is 31.7 Å². The van der Waals surface area contributed by atoms with Gasteiger partial charge in [-0.1, -0.05) is 18.2 Å². The number of hydrogen-bond acceptors (Lipinski definition) is 6. The van der Waals surface area contributed by atoms with E-state index >= 15 is 0 Å². The van der Waals surface area contributed by atoms with Crippen LogP contribution in [0.1, 0.15) is 40.7 Å². The lowest BCUT2D eigenvalue weighted by atomic mass is 10.1. The van der Waals surface area contributed by atoms with Gasteiger partial charge in [-0.15, -0.1) is 0 Å². The molecular formula is C26H30N4O4. The van der Waals surface area contributed by atoms with Gasteiger partial charge in [-0.25, -0.2) is 9.48 Å². The van der Waals surface area contributed by atoms with Gasteiger partial charge in [0.1, 0.15) is 5.75 Å². The number of amides is 1. The van der Waals surface area contributed by atoms with Crippen molar-refractivity contribution in [2.45, 2.75) is 38.4 Å². The van der Waals surface area contributed by atoms with Crippen LogP contribution >= 0.6 is 0 Å². The summed E-state index contributed by atoms with van der Waals surface area (Å²) in [5.74, 6) is 0.633. The fraction of sp³-hybridized carbons (Fsp3) is 0.346. The summed E-state index contributed by atoms with van der Waals surface area (Å²) in [5, 5.41) is 7.91. The van der Waals surface area contributed by atoms with Crippen molar-refractivity contribution in [3.8, 4) is 11.4 Å². The highest BCUT2D eigenvalue weighted by atomic mass is 16.5. The summed E-state index contributed by atoms with van der Waals surface area (Å²) in [6.07, 6.45) is 6.13. The monoisotopic (exact) mass is 462 g/mol. The maximum Gasteiger partial charge on any atom is 0.337 e. The zero-order valence-corrected chi connectivity index (χ0v) is 19.6. The minimum Gasteiger partial charge on any atom is -0.497 e. The van der Waals surface area contributed by atoms with Crippen molar-refractivity contribution in [1.82, 2.24) is 20.0 Å². The summed E-state index contributed by atoms with van der Waals surface area (Å²) in [6.45, 7) is 2.06. The van der Waals surface area contributed by atoms with Crippen molar-refractivity contribution in [1.29, 1.82) is 0 Å². The second-order valence-corrected chi connectivity index (χ2v) is 8.36. The zero-order valence-electron chi connectivity index (χ0n) is 19.6. The number of aromatic nitrogens is 2. The molecule has 0 aliphatic carbocycles. The number of likely N-dealkylation sites (tertiary alicyclic amines) is 1. The maximum atomic E-state index is 12.5. The first kappa shape index (κ1) is 23.5. The van der Waals surface area contributed by atoms with E-state index in [1.54, 1.807) is 23.9 Å². The van der Waals surface area contributed by atoms with Crippen LogP contribution < -0.4 is 10.1 Å². The predicted molar refractivity (Wildman–Crippen MR) is 128 cm³/mol. The number of ether oxygens (including phenoxy) is 2. The topological polar surface area (TPSA) is 85.7 Å². The molecule has 1 aliphatic rings. The van der Waals surface area contributed by atoms with Crippen LogP contribution in [0.5, 0.6) is 5.75 Å². The highest BCUT2D eigenvalue weighted by molar-refractivity contribution is 5.89. The summed E-state index contributed by atoms with van der Waals surface area (Å²) in [5.41, 5.74) is 3.55.